The van der Waals surface area contributed by atoms with E-state index in [0.717, 1.165) is 22.3 Å². The number of aromatic nitrogens is 3. The van der Waals surface area contributed by atoms with Gasteiger partial charge >= 0.3 is 0 Å². The molecule has 0 spiro atoms. The quantitative estimate of drug-likeness (QED) is 0.487. The van der Waals surface area contributed by atoms with E-state index in [2.05, 4.69) is 25.6 Å². The van der Waals surface area contributed by atoms with Crippen LogP contribution in [0.15, 0.2) is 66.9 Å². The average Bonchev–Trinajstić information content (AvgIpc) is 2.75. The van der Waals surface area contributed by atoms with Gasteiger partial charge in [-0.25, -0.2) is 9.97 Å². The first-order chi connectivity index (χ1) is 14.6. The van der Waals surface area contributed by atoms with Gasteiger partial charge in [-0.3, -0.25) is 9.78 Å². The molecule has 0 saturated carbocycles. The van der Waals surface area contributed by atoms with Gasteiger partial charge in [-0.1, -0.05) is 18.2 Å². The molecular weight excluding hydrogens is 378 g/mol. The van der Waals surface area contributed by atoms with E-state index in [1.807, 2.05) is 68.4 Å². The summed E-state index contributed by atoms with van der Waals surface area (Å²) >= 11 is 0. The molecule has 0 radical (unpaired) electrons. The lowest BCUT2D eigenvalue weighted by Crippen LogP contribution is -2.16. The number of nitrogens with zero attached hydrogens (tertiary/aromatic N) is 3. The monoisotopic (exact) mass is 399 g/mol. The number of benzene rings is 2. The van der Waals surface area contributed by atoms with Crippen LogP contribution < -0.4 is 15.4 Å². The molecule has 2 N–H and O–H groups in total. The molecular formula is C23H21N5O2. The summed E-state index contributed by atoms with van der Waals surface area (Å²) in [7, 11) is 0. The summed E-state index contributed by atoms with van der Waals surface area (Å²) in [4.78, 5) is 26.0. The molecule has 4 rings (SSSR count). The van der Waals surface area contributed by atoms with Crippen LogP contribution in [0.3, 0.4) is 0 Å². The minimum absolute atomic E-state index is 0.267. The van der Waals surface area contributed by atoms with Crippen LogP contribution in [0.2, 0.25) is 0 Å². The topological polar surface area (TPSA) is 89.0 Å². The highest BCUT2D eigenvalue weighted by Crippen LogP contribution is 2.22. The number of fused-ring (bicyclic) bond motifs is 1. The van der Waals surface area contributed by atoms with Gasteiger partial charge in [0.05, 0.1) is 17.8 Å². The number of nitrogens with one attached hydrogen (secondary N) is 2. The molecule has 150 valence electrons. The van der Waals surface area contributed by atoms with E-state index in [-0.39, 0.29) is 11.6 Å². The second-order valence-electron chi connectivity index (χ2n) is 6.64. The molecule has 0 aliphatic carbocycles. The van der Waals surface area contributed by atoms with Crippen LogP contribution in [0.1, 0.15) is 23.1 Å². The molecule has 7 nitrogen and oxygen atoms in total. The van der Waals surface area contributed by atoms with Crippen molar-refractivity contribution >= 4 is 34.1 Å². The molecule has 0 saturated heterocycles. The van der Waals surface area contributed by atoms with Crippen molar-refractivity contribution < 1.29 is 9.53 Å². The molecule has 2 aromatic carbocycles. The molecule has 0 fully saturated rings. The zero-order valence-electron chi connectivity index (χ0n) is 16.7. The smallest absolute Gasteiger partial charge is 0.274 e. The van der Waals surface area contributed by atoms with E-state index >= 15 is 0 Å². The van der Waals surface area contributed by atoms with Crippen molar-refractivity contribution in [3.05, 3.63) is 78.2 Å². The standard InChI is InChI=1S/C23H21N5O2/c1-3-30-18-11-9-17(10-12-18)26-23-25-15(2)14-20(28-23)22(29)27-19-8-4-6-16-7-5-13-24-21(16)19/h4-14H,3H2,1-2H3,(H,27,29)(H,25,26,28). The highest BCUT2D eigenvalue weighted by molar-refractivity contribution is 6.07. The summed E-state index contributed by atoms with van der Waals surface area (Å²) < 4.78 is 5.45. The number of hydrogen-bond donors (Lipinski definition) is 2. The number of pyridine rings is 1. The van der Waals surface area contributed by atoms with Crippen molar-refractivity contribution in [1.82, 2.24) is 15.0 Å². The van der Waals surface area contributed by atoms with Gasteiger partial charge in [-0.2, -0.15) is 0 Å². The Balaban J connectivity index is 1.55. The van der Waals surface area contributed by atoms with Gasteiger partial charge in [0.1, 0.15) is 11.4 Å². The molecule has 4 aromatic rings. The molecule has 2 aromatic heterocycles. The van der Waals surface area contributed by atoms with Crippen molar-refractivity contribution in [2.45, 2.75) is 13.8 Å². The van der Waals surface area contributed by atoms with E-state index in [1.54, 1.807) is 12.3 Å². The molecule has 0 atom stereocenters. The number of anilines is 3. The van der Waals surface area contributed by atoms with Gasteiger partial charge in [-0.05, 0) is 56.3 Å². The van der Waals surface area contributed by atoms with Crippen molar-refractivity contribution in [3.8, 4) is 5.75 Å². The molecule has 0 aliphatic rings. The average molecular weight is 399 g/mol. The Morgan fingerprint density at radius 3 is 2.63 bits per heavy atom. The van der Waals surface area contributed by atoms with Gasteiger partial charge < -0.3 is 15.4 Å². The molecule has 2 heterocycles. The number of hydrogen-bond acceptors (Lipinski definition) is 6. The first kappa shape index (κ1) is 19.3. The van der Waals surface area contributed by atoms with E-state index in [0.29, 0.717) is 23.9 Å². The van der Waals surface area contributed by atoms with Crippen LogP contribution in [0.5, 0.6) is 5.75 Å². The van der Waals surface area contributed by atoms with Crippen LogP contribution in [0.4, 0.5) is 17.3 Å². The number of aryl methyl sites for hydroxylation is 1. The Hall–Kier alpha value is -4.00. The van der Waals surface area contributed by atoms with Gasteiger partial charge in [0.15, 0.2) is 0 Å². The second-order valence-corrected chi connectivity index (χ2v) is 6.64. The minimum Gasteiger partial charge on any atom is -0.494 e. The third-order valence-corrected chi connectivity index (χ3v) is 4.39. The van der Waals surface area contributed by atoms with Gasteiger partial charge in [0.2, 0.25) is 5.95 Å². The van der Waals surface area contributed by atoms with E-state index in [4.69, 9.17) is 4.74 Å². The summed E-state index contributed by atoms with van der Waals surface area (Å²) in [6.07, 6.45) is 1.70. The fraction of sp³-hybridized carbons (Fsp3) is 0.130. The van der Waals surface area contributed by atoms with Crippen LogP contribution in [-0.2, 0) is 0 Å². The lowest BCUT2D eigenvalue weighted by Gasteiger charge is -2.10. The van der Waals surface area contributed by atoms with E-state index in [9.17, 15) is 4.79 Å². The molecule has 30 heavy (non-hydrogen) atoms. The summed E-state index contributed by atoms with van der Waals surface area (Å²) in [6.45, 7) is 4.37. The maximum atomic E-state index is 12.9. The van der Waals surface area contributed by atoms with Crippen molar-refractivity contribution in [1.29, 1.82) is 0 Å². The fourth-order valence-corrected chi connectivity index (χ4v) is 3.06. The Morgan fingerprint density at radius 1 is 1.03 bits per heavy atom. The minimum atomic E-state index is -0.326. The van der Waals surface area contributed by atoms with E-state index in [1.165, 1.54) is 0 Å². The van der Waals surface area contributed by atoms with E-state index < -0.39 is 0 Å². The molecule has 1 amide bonds. The maximum absolute atomic E-state index is 12.9. The third kappa shape index (κ3) is 4.35. The summed E-state index contributed by atoms with van der Waals surface area (Å²) in [5.41, 5.74) is 3.11. The Kier molecular flexibility index (Phi) is 5.52. The number of ether oxygens (including phenoxy) is 1. The second kappa shape index (κ2) is 8.57. The Labute approximate surface area is 174 Å². The number of rotatable bonds is 6. The van der Waals surface area contributed by atoms with Gasteiger partial charge in [-0.15, -0.1) is 0 Å². The first-order valence-electron chi connectivity index (χ1n) is 9.63. The maximum Gasteiger partial charge on any atom is 0.274 e. The number of carbonyl (C=O) groups is 1. The van der Waals surface area contributed by atoms with Crippen LogP contribution in [-0.4, -0.2) is 27.5 Å². The third-order valence-electron chi connectivity index (χ3n) is 4.39. The first-order valence-corrected chi connectivity index (χ1v) is 9.63. The summed E-state index contributed by atoms with van der Waals surface area (Å²) in [5.74, 6) is 0.811. The highest BCUT2D eigenvalue weighted by Gasteiger charge is 2.13. The molecule has 0 aliphatic heterocycles. The Bertz CT molecular complexity index is 1190. The highest BCUT2D eigenvalue weighted by atomic mass is 16.5. The fourth-order valence-electron chi connectivity index (χ4n) is 3.06. The zero-order chi connectivity index (χ0) is 20.9. The number of para-hydroxylation sites is 1. The predicted octanol–water partition coefficient (Wildman–Crippen LogP) is 4.73. The summed E-state index contributed by atoms with van der Waals surface area (Å²) in [5, 5.41) is 6.99. The number of amides is 1. The lowest BCUT2D eigenvalue weighted by atomic mass is 10.2. The Morgan fingerprint density at radius 2 is 1.83 bits per heavy atom. The normalized spacial score (nSPS) is 10.6. The predicted molar refractivity (Wildman–Crippen MR) is 117 cm³/mol. The molecule has 0 bridgehead atoms. The van der Waals surface area contributed by atoms with Crippen molar-refractivity contribution in [2.24, 2.45) is 0 Å². The van der Waals surface area contributed by atoms with Crippen molar-refractivity contribution in [3.63, 3.8) is 0 Å². The largest absolute Gasteiger partial charge is 0.494 e. The molecule has 0 unspecified atom stereocenters. The van der Waals surface area contributed by atoms with Crippen LogP contribution in [0, 0.1) is 6.92 Å². The zero-order valence-corrected chi connectivity index (χ0v) is 16.7. The summed E-state index contributed by atoms with van der Waals surface area (Å²) in [6, 6.07) is 18.6. The van der Waals surface area contributed by atoms with Crippen LogP contribution in [0.25, 0.3) is 10.9 Å². The number of carbonyl (C=O) groups excluding carboxylic acids is 1. The van der Waals surface area contributed by atoms with Gasteiger partial charge in [0.25, 0.3) is 5.91 Å². The SMILES string of the molecule is CCOc1ccc(Nc2nc(C)cc(C(=O)Nc3cccc4cccnc34)n2)cc1. The van der Waals surface area contributed by atoms with Crippen molar-refractivity contribution in [2.75, 3.05) is 17.2 Å². The van der Waals surface area contributed by atoms with Crippen LogP contribution >= 0.6 is 0 Å². The lowest BCUT2D eigenvalue weighted by molar-refractivity contribution is 0.102. The van der Waals surface area contributed by atoms with Gasteiger partial charge in [0, 0.05) is 23.0 Å². The molecule has 7 heteroatoms.